The Bertz CT molecular complexity index is 488. The molecule has 4 N–H and O–H groups in total. The van der Waals surface area contributed by atoms with Gasteiger partial charge in [-0.1, -0.05) is 6.07 Å². The average molecular weight is 307 g/mol. The number of ether oxygens (including phenoxy) is 2. The first-order valence-corrected chi connectivity index (χ1v) is 7.68. The number of carbonyl (C=O) groups is 1. The van der Waals surface area contributed by atoms with Crippen molar-refractivity contribution in [3.05, 3.63) is 23.8 Å². The maximum absolute atomic E-state index is 10.8. The van der Waals surface area contributed by atoms with E-state index < -0.39 is 5.91 Å². The maximum Gasteiger partial charge on any atom is 0.255 e. The molecule has 22 heavy (non-hydrogen) atoms. The molecule has 0 spiro atoms. The predicted octanol–water partition coefficient (Wildman–Crippen LogP) is 0.649. The van der Waals surface area contributed by atoms with Gasteiger partial charge in [0.15, 0.2) is 18.1 Å². The standard InChI is InChI=1S/C16H25N3O3/c1-21-15-8-13(2-3-14(15)22-11-16(17)20)10-19-9-12-4-6-18-7-5-12/h2-3,8,12,18-19H,4-7,9-11H2,1H3,(H2,17,20). The Kier molecular flexibility index (Phi) is 6.48. The van der Waals surface area contributed by atoms with Gasteiger partial charge in [-0.05, 0) is 56.1 Å². The lowest BCUT2D eigenvalue weighted by Gasteiger charge is -2.22. The number of nitrogens with one attached hydrogen (secondary N) is 2. The number of nitrogens with two attached hydrogens (primary N) is 1. The summed E-state index contributed by atoms with van der Waals surface area (Å²) in [5, 5.41) is 6.87. The smallest absolute Gasteiger partial charge is 0.255 e. The van der Waals surface area contributed by atoms with Crippen LogP contribution in [0.5, 0.6) is 11.5 Å². The predicted molar refractivity (Wildman–Crippen MR) is 85.0 cm³/mol. The molecular weight excluding hydrogens is 282 g/mol. The summed E-state index contributed by atoms with van der Waals surface area (Å²) in [6, 6.07) is 5.70. The van der Waals surface area contributed by atoms with Crippen LogP contribution in [-0.4, -0.2) is 39.3 Å². The second-order valence-corrected chi connectivity index (χ2v) is 5.56. The number of methoxy groups -OCH3 is 1. The lowest BCUT2D eigenvalue weighted by atomic mass is 9.98. The summed E-state index contributed by atoms with van der Waals surface area (Å²) in [5.74, 6) is 1.39. The fraction of sp³-hybridized carbons (Fsp3) is 0.562. The molecule has 1 amide bonds. The normalized spacial score (nSPS) is 15.5. The van der Waals surface area contributed by atoms with E-state index in [1.54, 1.807) is 7.11 Å². The number of rotatable bonds is 8. The maximum atomic E-state index is 10.8. The monoisotopic (exact) mass is 307 g/mol. The minimum absolute atomic E-state index is 0.149. The number of hydrogen-bond acceptors (Lipinski definition) is 5. The van der Waals surface area contributed by atoms with E-state index in [1.165, 1.54) is 12.8 Å². The van der Waals surface area contributed by atoms with Gasteiger partial charge < -0.3 is 25.8 Å². The zero-order valence-electron chi connectivity index (χ0n) is 13.1. The van der Waals surface area contributed by atoms with Crippen LogP contribution < -0.4 is 25.8 Å². The minimum atomic E-state index is -0.505. The molecule has 1 aliphatic heterocycles. The van der Waals surface area contributed by atoms with Crippen LogP contribution in [0.3, 0.4) is 0 Å². The van der Waals surface area contributed by atoms with E-state index in [-0.39, 0.29) is 6.61 Å². The fourth-order valence-electron chi connectivity index (χ4n) is 2.60. The molecule has 0 saturated carbocycles. The van der Waals surface area contributed by atoms with Crippen LogP contribution in [0.2, 0.25) is 0 Å². The third kappa shape index (κ3) is 5.20. The summed E-state index contributed by atoms with van der Waals surface area (Å²) < 4.78 is 10.6. The van der Waals surface area contributed by atoms with Crippen molar-refractivity contribution in [2.75, 3.05) is 33.4 Å². The molecular formula is C16H25N3O3. The van der Waals surface area contributed by atoms with E-state index in [4.69, 9.17) is 15.2 Å². The second-order valence-electron chi connectivity index (χ2n) is 5.56. The molecule has 1 aromatic rings. The molecule has 122 valence electrons. The van der Waals surface area contributed by atoms with E-state index in [0.717, 1.165) is 37.7 Å². The quantitative estimate of drug-likeness (QED) is 0.656. The zero-order valence-corrected chi connectivity index (χ0v) is 13.1. The first kappa shape index (κ1) is 16.6. The largest absolute Gasteiger partial charge is 0.493 e. The molecule has 6 nitrogen and oxygen atoms in total. The highest BCUT2D eigenvalue weighted by molar-refractivity contribution is 5.75. The molecule has 2 rings (SSSR count). The van der Waals surface area contributed by atoms with Crippen molar-refractivity contribution in [2.24, 2.45) is 11.7 Å². The topological polar surface area (TPSA) is 85.6 Å². The van der Waals surface area contributed by atoms with Crippen molar-refractivity contribution in [1.82, 2.24) is 10.6 Å². The van der Waals surface area contributed by atoms with E-state index in [1.807, 2.05) is 18.2 Å². The Balaban J connectivity index is 1.84. The van der Waals surface area contributed by atoms with Crippen molar-refractivity contribution in [2.45, 2.75) is 19.4 Å². The Morgan fingerprint density at radius 3 is 2.82 bits per heavy atom. The van der Waals surface area contributed by atoms with Crippen LogP contribution in [0, 0.1) is 5.92 Å². The van der Waals surface area contributed by atoms with E-state index >= 15 is 0 Å². The SMILES string of the molecule is COc1cc(CNCC2CCNCC2)ccc1OCC(N)=O. The van der Waals surface area contributed by atoms with Gasteiger partial charge in [0.05, 0.1) is 7.11 Å². The number of primary amides is 1. The summed E-state index contributed by atoms with van der Waals surface area (Å²) >= 11 is 0. The number of carbonyl (C=O) groups excluding carboxylic acids is 1. The molecule has 0 atom stereocenters. The Morgan fingerprint density at radius 2 is 2.14 bits per heavy atom. The van der Waals surface area contributed by atoms with Crippen LogP contribution >= 0.6 is 0 Å². The van der Waals surface area contributed by atoms with Gasteiger partial charge >= 0.3 is 0 Å². The lowest BCUT2D eigenvalue weighted by molar-refractivity contribution is -0.119. The molecule has 1 saturated heterocycles. The zero-order chi connectivity index (χ0) is 15.8. The number of piperidine rings is 1. The van der Waals surface area contributed by atoms with Crippen molar-refractivity contribution >= 4 is 5.91 Å². The molecule has 1 aliphatic rings. The lowest BCUT2D eigenvalue weighted by Crippen LogP contribution is -2.33. The molecule has 1 fully saturated rings. The number of benzene rings is 1. The van der Waals surface area contributed by atoms with E-state index in [9.17, 15) is 4.79 Å². The van der Waals surface area contributed by atoms with Crippen LogP contribution in [0.25, 0.3) is 0 Å². The van der Waals surface area contributed by atoms with Gasteiger partial charge in [-0.3, -0.25) is 4.79 Å². The van der Waals surface area contributed by atoms with Crippen molar-refractivity contribution in [3.8, 4) is 11.5 Å². The Morgan fingerprint density at radius 1 is 1.36 bits per heavy atom. The molecule has 0 aromatic heterocycles. The van der Waals surface area contributed by atoms with Gasteiger partial charge in [-0.15, -0.1) is 0 Å². The highest BCUT2D eigenvalue weighted by Gasteiger charge is 2.12. The number of hydrogen-bond donors (Lipinski definition) is 3. The van der Waals surface area contributed by atoms with Gasteiger partial charge in [-0.2, -0.15) is 0 Å². The molecule has 1 heterocycles. The van der Waals surface area contributed by atoms with Crippen LogP contribution in [0.15, 0.2) is 18.2 Å². The molecule has 0 aliphatic carbocycles. The van der Waals surface area contributed by atoms with Gasteiger partial charge in [0.25, 0.3) is 5.91 Å². The summed E-state index contributed by atoms with van der Waals surface area (Å²) in [4.78, 5) is 10.8. The van der Waals surface area contributed by atoms with Crippen molar-refractivity contribution in [3.63, 3.8) is 0 Å². The first-order valence-electron chi connectivity index (χ1n) is 7.68. The first-order chi connectivity index (χ1) is 10.7. The highest BCUT2D eigenvalue weighted by atomic mass is 16.5. The highest BCUT2D eigenvalue weighted by Crippen LogP contribution is 2.28. The molecule has 0 unspecified atom stereocenters. The van der Waals surface area contributed by atoms with Gasteiger partial charge in [0, 0.05) is 6.54 Å². The molecule has 6 heteroatoms. The second kappa shape index (κ2) is 8.60. The van der Waals surface area contributed by atoms with Crippen molar-refractivity contribution < 1.29 is 14.3 Å². The van der Waals surface area contributed by atoms with Gasteiger partial charge in [0.1, 0.15) is 0 Å². The average Bonchev–Trinajstić information content (AvgIpc) is 2.54. The number of amides is 1. The van der Waals surface area contributed by atoms with Crippen LogP contribution in [-0.2, 0) is 11.3 Å². The fourth-order valence-corrected chi connectivity index (χ4v) is 2.60. The molecule has 1 aromatic carbocycles. The molecule has 0 bridgehead atoms. The van der Waals surface area contributed by atoms with Gasteiger partial charge in [0.2, 0.25) is 0 Å². The van der Waals surface area contributed by atoms with Crippen molar-refractivity contribution in [1.29, 1.82) is 0 Å². The minimum Gasteiger partial charge on any atom is -0.493 e. The van der Waals surface area contributed by atoms with Crippen LogP contribution in [0.1, 0.15) is 18.4 Å². The van der Waals surface area contributed by atoms with Gasteiger partial charge in [-0.25, -0.2) is 0 Å². The van der Waals surface area contributed by atoms with E-state index in [0.29, 0.717) is 11.5 Å². The summed E-state index contributed by atoms with van der Waals surface area (Å²) in [6.45, 7) is 3.90. The third-order valence-corrected chi connectivity index (χ3v) is 3.82. The van der Waals surface area contributed by atoms with Crippen LogP contribution in [0.4, 0.5) is 0 Å². The Labute approximate surface area is 131 Å². The summed E-state index contributed by atoms with van der Waals surface area (Å²) in [6.07, 6.45) is 2.46. The summed E-state index contributed by atoms with van der Waals surface area (Å²) in [5.41, 5.74) is 6.20. The third-order valence-electron chi connectivity index (χ3n) is 3.82. The summed E-state index contributed by atoms with van der Waals surface area (Å²) in [7, 11) is 1.58. The van der Waals surface area contributed by atoms with E-state index in [2.05, 4.69) is 10.6 Å². The Hall–Kier alpha value is -1.79. The molecule has 0 radical (unpaired) electrons.